The predicted octanol–water partition coefficient (Wildman–Crippen LogP) is 5.07. The summed E-state index contributed by atoms with van der Waals surface area (Å²) >= 11 is 0. The van der Waals surface area contributed by atoms with Gasteiger partial charge in [-0.3, -0.25) is 4.79 Å². The van der Waals surface area contributed by atoms with E-state index >= 15 is 0 Å². The molecule has 0 spiro atoms. The first-order valence-corrected chi connectivity index (χ1v) is 11.1. The van der Waals surface area contributed by atoms with E-state index in [0.717, 1.165) is 28.8 Å². The Balaban J connectivity index is 1.65. The highest BCUT2D eigenvalue weighted by Crippen LogP contribution is 2.41. The summed E-state index contributed by atoms with van der Waals surface area (Å²) in [6.07, 6.45) is 4.57. The monoisotopic (exact) mass is 425 g/mol. The molecule has 1 N–H and O–H groups in total. The molecule has 162 valence electrons. The molecule has 0 bridgehead atoms. The van der Waals surface area contributed by atoms with Crippen molar-refractivity contribution >= 4 is 16.9 Å². The lowest BCUT2D eigenvalue weighted by Gasteiger charge is -2.42. The number of benzene rings is 2. The Kier molecular flexibility index (Phi) is 5.39. The number of ether oxygens (including phenoxy) is 1. The minimum absolute atomic E-state index is 0.0153. The van der Waals surface area contributed by atoms with Crippen LogP contribution in [0.5, 0.6) is 5.75 Å². The molecule has 5 nitrogen and oxygen atoms in total. The van der Waals surface area contributed by atoms with Crippen LogP contribution in [0.25, 0.3) is 11.0 Å². The van der Waals surface area contributed by atoms with E-state index in [4.69, 9.17) is 4.74 Å². The van der Waals surface area contributed by atoms with Crippen molar-refractivity contribution in [3.8, 4) is 5.75 Å². The van der Waals surface area contributed by atoms with Gasteiger partial charge in [-0.05, 0) is 59.9 Å². The Bertz CT molecular complexity index is 1260. The topological polar surface area (TPSA) is 58.2 Å². The first kappa shape index (κ1) is 20.3. The number of hydrogen-bond acceptors (Lipinski definition) is 3. The zero-order valence-electron chi connectivity index (χ0n) is 18.4. The summed E-state index contributed by atoms with van der Waals surface area (Å²) < 4.78 is 5.80. The van der Waals surface area contributed by atoms with E-state index in [1.54, 1.807) is 13.1 Å². The number of carbonyl (C=O) groups excluding carboxylic acids is 1. The number of hydrogen-bond donors (Lipinski definition) is 1. The third-order valence-electron chi connectivity index (χ3n) is 6.41. The first-order valence-electron chi connectivity index (χ1n) is 11.1. The summed E-state index contributed by atoms with van der Waals surface area (Å²) in [4.78, 5) is 22.6. The highest BCUT2D eigenvalue weighted by molar-refractivity contribution is 5.80. The lowest BCUT2D eigenvalue weighted by Crippen LogP contribution is -2.47. The third kappa shape index (κ3) is 3.64. The second-order valence-electron chi connectivity index (χ2n) is 8.31. The maximum atomic E-state index is 12.8. The number of nitrogens with one attached hydrogen (secondary N) is 1. The van der Waals surface area contributed by atoms with Crippen LogP contribution >= 0.6 is 0 Å². The molecule has 2 unspecified atom stereocenters. The van der Waals surface area contributed by atoms with Crippen LogP contribution < -0.4 is 4.74 Å². The molecule has 4 aromatic rings. The van der Waals surface area contributed by atoms with Crippen molar-refractivity contribution < 1.29 is 9.53 Å². The highest BCUT2D eigenvalue weighted by Gasteiger charge is 2.37. The van der Waals surface area contributed by atoms with Crippen molar-refractivity contribution in [2.24, 2.45) is 0 Å². The first-order chi connectivity index (χ1) is 15.7. The summed E-state index contributed by atoms with van der Waals surface area (Å²) in [6, 6.07) is 20.8. The predicted molar refractivity (Wildman–Crippen MR) is 126 cm³/mol. The zero-order chi connectivity index (χ0) is 22.1. The number of rotatable bonds is 5. The van der Waals surface area contributed by atoms with Gasteiger partial charge < -0.3 is 14.6 Å². The number of H-pyrrole nitrogens is 1. The van der Waals surface area contributed by atoms with Gasteiger partial charge in [0.05, 0.1) is 6.61 Å². The molecule has 1 amide bonds. The van der Waals surface area contributed by atoms with Crippen molar-refractivity contribution in [3.05, 3.63) is 95.3 Å². The molecule has 5 rings (SSSR count). The smallest absolute Gasteiger partial charge is 0.220 e. The number of aromatic nitrogens is 2. The lowest BCUT2D eigenvalue weighted by molar-refractivity contribution is -0.132. The van der Waals surface area contributed by atoms with E-state index in [0.29, 0.717) is 13.2 Å². The van der Waals surface area contributed by atoms with E-state index < -0.39 is 0 Å². The molecule has 1 aliphatic heterocycles. The summed E-state index contributed by atoms with van der Waals surface area (Å²) in [7, 11) is 0. The van der Waals surface area contributed by atoms with Crippen LogP contribution in [0.2, 0.25) is 0 Å². The van der Waals surface area contributed by atoms with E-state index in [2.05, 4.69) is 52.4 Å². The maximum Gasteiger partial charge on any atom is 0.220 e. The van der Waals surface area contributed by atoms with Gasteiger partial charge in [0.1, 0.15) is 11.4 Å². The molecule has 5 heteroatoms. The molecule has 0 radical (unpaired) electrons. The van der Waals surface area contributed by atoms with E-state index in [-0.39, 0.29) is 17.9 Å². The highest BCUT2D eigenvalue weighted by atomic mass is 16.5. The van der Waals surface area contributed by atoms with Crippen molar-refractivity contribution in [2.45, 2.75) is 38.8 Å². The quantitative estimate of drug-likeness (QED) is 0.486. The molecule has 2 aromatic carbocycles. The summed E-state index contributed by atoms with van der Waals surface area (Å²) in [6.45, 7) is 4.91. The molecule has 2 aromatic heterocycles. The summed E-state index contributed by atoms with van der Waals surface area (Å²) in [5.74, 6) is 0.997. The van der Waals surface area contributed by atoms with Gasteiger partial charge >= 0.3 is 0 Å². The average molecular weight is 426 g/mol. The second kappa shape index (κ2) is 8.50. The minimum Gasteiger partial charge on any atom is -0.494 e. The van der Waals surface area contributed by atoms with Crippen LogP contribution in [0.15, 0.2) is 73.1 Å². The van der Waals surface area contributed by atoms with Crippen molar-refractivity contribution in [3.63, 3.8) is 0 Å². The Labute approximate surface area is 188 Å². The van der Waals surface area contributed by atoms with Crippen LogP contribution in [-0.2, 0) is 17.8 Å². The number of fused-ring (bicyclic) bond motifs is 2. The second-order valence-corrected chi connectivity index (χ2v) is 8.31. The van der Waals surface area contributed by atoms with Gasteiger partial charge in [-0.25, -0.2) is 4.98 Å². The maximum absolute atomic E-state index is 12.8. The molecule has 32 heavy (non-hydrogen) atoms. The molecule has 2 atom stereocenters. The zero-order valence-corrected chi connectivity index (χ0v) is 18.4. The largest absolute Gasteiger partial charge is 0.494 e. The van der Waals surface area contributed by atoms with Gasteiger partial charge in [0, 0.05) is 43.2 Å². The van der Waals surface area contributed by atoms with Gasteiger partial charge in [0.2, 0.25) is 5.91 Å². The minimum atomic E-state index is -0.0153. The number of nitrogens with zero attached hydrogens (tertiary/aromatic N) is 2. The lowest BCUT2D eigenvalue weighted by atomic mass is 9.76. The fourth-order valence-electron chi connectivity index (χ4n) is 5.02. The van der Waals surface area contributed by atoms with Crippen molar-refractivity contribution in [2.75, 3.05) is 6.61 Å². The van der Waals surface area contributed by atoms with Crippen molar-refractivity contribution in [1.29, 1.82) is 0 Å². The fourth-order valence-corrected chi connectivity index (χ4v) is 5.02. The van der Waals surface area contributed by atoms with Gasteiger partial charge in [-0.1, -0.05) is 36.4 Å². The average Bonchev–Trinajstić information content (AvgIpc) is 3.22. The Morgan fingerprint density at radius 3 is 2.88 bits per heavy atom. The fraction of sp³-hybridized carbons (Fsp3) is 0.259. The van der Waals surface area contributed by atoms with Gasteiger partial charge in [0.25, 0.3) is 0 Å². The van der Waals surface area contributed by atoms with Crippen LogP contribution in [0, 0.1) is 0 Å². The van der Waals surface area contributed by atoms with E-state index in [1.807, 2.05) is 36.2 Å². The van der Waals surface area contributed by atoms with Crippen molar-refractivity contribution in [1.82, 2.24) is 14.9 Å². The molecular weight excluding hydrogens is 398 g/mol. The number of carbonyl (C=O) groups is 1. The van der Waals surface area contributed by atoms with Crippen LogP contribution in [-0.4, -0.2) is 33.4 Å². The molecular formula is C27H27N3O2. The normalized spacial score (nSPS) is 17.9. The molecule has 3 heterocycles. The summed E-state index contributed by atoms with van der Waals surface area (Å²) in [5.41, 5.74) is 5.70. The van der Waals surface area contributed by atoms with E-state index in [1.165, 1.54) is 16.7 Å². The number of amides is 1. The number of aromatic amines is 1. The van der Waals surface area contributed by atoms with Crippen LogP contribution in [0.1, 0.15) is 42.0 Å². The third-order valence-corrected chi connectivity index (χ3v) is 6.41. The summed E-state index contributed by atoms with van der Waals surface area (Å²) in [5, 5.41) is 1.11. The SMILES string of the molecule is CCOc1cccc(C2c3ccccc3CN(C(C)=O)C2Cc2c[nH]c3ncccc23)c1. The molecule has 0 aliphatic carbocycles. The van der Waals surface area contributed by atoms with Crippen LogP contribution in [0.4, 0.5) is 0 Å². The number of pyridine rings is 1. The molecule has 0 fully saturated rings. The Morgan fingerprint density at radius 1 is 1.16 bits per heavy atom. The van der Waals surface area contributed by atoms with Gasteiger partial charge in [-0.15, -0.1) is 0 Å². The van der Waals surface area contributed by atoms with Gasteiger partial charge in [0.15, 0.2) is 0 Å². The Morgan fingerprint density at radius 2 is 2.03 bits per heavy atom. The van der Waals surface area contributed by atoms with E-state index in [9.17, 15) is 4.79 Å². The molecule has 0 saturated heterocycles. The Hall–Kier alpha value is -3.60. The standard InChI is InChI=1S/C27H27N3O2/c1-3-32-22-10-6-9-19(14-22)26-23-11-5-4-8-20(23)17-30(18(2)31)25(26)15-21-16-29-27-24(21)12-7-13-28-27/h4-14,16,25-26H,3,15,17H2,1-2H3,(H,28,29). The molecule has 0 saturated carbocycles. The van der Waals surface area contributed by atoms with Crippen LogP contribution in [0.3, 0.4) is 0 Å². The molecule has 1 aliphatic rings. The van der Waals surface area contributed by atoms with Gasteiger partial charge in [-0.2, -0.15) is 0 Å².